The van der Waals surface area contributed by atoms with E-state index in [9.17, 15) is 0 Å². The van der Waals surface area contributed by atoms with Gasteiger partial charge >= 0.3 is 0 Å². The van der Waals surface area contributed by atoms with Gasteiger partial charge in [0, 0.05) is 27.8 Å². The number of fused-ring (bicyclic) bond motifs is 1. The van der Waals surface area contributed by atoms with Crippen LogP contribution in [0.5, 0.6) is 0 Å². The number of H-pyrrole nitrogens is 1. The number of aryl methyl sites for hydroxylation is 1. The van der Waals surface area contributed by atoms with Gasteiger partial charge in [0.1, 0.15) is 0 Å². The van der Waals surface area contributed by atoms with Crippen molar-refractivity contribution in [2.75, 3.05) is 5.32 Å². The predicted molar refractivity (Wildman–Crippen MR) is 66.4 cm³/mol. The smallest absolute Gasteiger partial charge is 0.0457 e. The summed E-state index contributed by atoms with van der Waals surface area (Å²) in [6.07, 6.45) is 0. The summed E-state index contributed by atoms with van der Waals surface area (Å²) in [7, 11) is 0. The van der Waals surface area contributed by atoms with Crippen molar-refractivity contribution >= 4 is 16.6 Å². The molecule has 2 nitrogen and oxygen atoms in total. The summed E-state index contributed by atoms with van der Waals surface area (Å²) in [5.41, 5.74) is 3.69. The fraction of sp³-hybridized carbons (Fsp3) is 0.385. The lowest BCUT2D eigenvalue weighted by molar-refractivity contribution is 0.634. The van der Waals surface area contributed by atoms with E-state index in [4.69, 9.17) is 0 Å². The van der Waals surface area contributed by atoms with E-state index >= 15 is 0 Å². The maximum Gasteiger partial charge on any atom is 0.0457 e. The predicted octanol–water partition coefficient (Wildman–Crippen LogP) is 3.69. The molecule has 1 aromatic heterocycles. The third-order valence-corrected chi connectivity index (χ3v) is 2.27. The molecule has 0 radical (unpaired) electrons. The molecule has 0 aliphatic rings. The fourth-order valence-corrected chi connectivity index (χ4v) is 1.79. The van der Waals surface area contributed by atoms with Crippen molar-refractivity contribution in [3.05, 3.63) is 30.0 Å². The van der Waals surface area contributed by atoms with E-state index in [0.29, 0.717) is 0 Å². The van der Waals surface area contributed by atoms with Crippen LogP contribution >= 0.6 is 0 Å². The molecule has 0 aliphatic carbocycles. The first-order valence-corrected chi connectivity index (χ1v) is 5.32. The number of aromatic nitrogens is 1. The summed E-state index contributed by atoms with van der Waals surface area (Å²) < 4.78 is 0. The van der Waals surface area contributed by atoms with E-state index in [1.807, 2.05) is 0 Å². The fourth-order valence-electron chi connectivity index (χ4n) is 1.79. The van der Waals surface area contributed by atoms with Gasteiger partial charge in [0.2, 0.25) is 0 Å². The lowest BCUT2D eigenvalue weighted by Crippen LogP contribution is -2.25. The summed E-state index contributed by atoms with van der Waals surface area (Å²) in [4.78, 5) is 3.32. The van der Waals surface area contributed by atoms with Crippen molar-refractivity contribution in [3.63, 3.8) is 0 Å². The molecule has 0 bridgehead atoms. The molecule has 2 heteroatoms. The molecule has 15 heavy (non-hydrogen) atoms. The Balaban J connectivity index is 2.38. The first kappa shape index (κ1) is 10.1. The highest BCUT2D eigenvalue weighted by molar-refractivity contribution is 5.84. The molecule has 2 N–H and O–H groups in total. The Bertz CT molecular complexity index is 475. The molecule has 1 heterocycles. The number of aromatic amines is 1. The topological polar surface area (TPSA) is 27.8 Å². The van der Waals surface area contributed by atoms with Gasteiger partial charge in [0.25, 0.3) is 0 Å². The van der Waals surface area contributed by atoms with Crippen molar-refractivity contribution in [2.45, 2.75) is 33.2 Å². The summed E-state index contributed by atoms with van der Waals surface area (Å²) in [5.74, 6) is 0. The summed E-state index contributed by atoms with van der Waals surface area (Å²) in [6, 6.07) is 8.59. The van der Waals surface area contributed by atoms with Crippen molar-refractivity contribution in [3.8, 4) is 0 Å². The van der Waals surface area contributed by atoms with Crippen LogP contribution in [0.3, 0.4) is 0 Å². The number of hydrogen-bond donors (Lipinski definition) is 2. The average molecular weight is 202 g/mol. The lowest BCUT2D eigenvalue weighted by Gasteiger charge is -2.22. The van der Waals surface area contributed by atoms with Crippen LogP contribution in [0.2, 0.25) is 0 Å². The van der Waals surface area contributed by atoms with E-state index in [2.05, 4.69) is 62.3 Å². The van der Waals surface area contributed by atoms with E-state index in [0.717, 1.165) is 0 Å². The first-order chi connectivity index (χ1) is 6.94. The van der Waals surface area contributed by atoms with Crippen LogP contribution < -0.4 is 5.32 Å². The molecule has 1 aromatic carbocycles. The van der Waals surface area contributed by atoms with Gasteiger partial charge in [-0.15, -0.1) is 0 Å². The second-order valence-corrected chi connectivity index (χ2v) is 5.13. The highest BCUT2D eigenvalue weighted by Gasteiger charge is 2.09. The molecule has 0 amide bonds. The van der Waals surface area contributed by atoms with Crippen molar-refractivity contribution in [1.29, 1.82) is 0 Å². The van der Waals surface area contributed by atoms with Gasteiger partial charge < -0.3 is 10.3 Å². The SMILES string of the molecule is Cc1cc2cc(NC(C)(C)C)ccc2[nH]1. The highest BCUT2D eigenvalue weighted by Crippen LogP contribution is 2.22. The third-order valence-electron chi connectivity index (χ3n) is 2.27. The molecular formula is C13H18N2. The van der Waals surface area contributed by atoms with Gasteiger partial charge in [-0.3, -0.25) is 0 Å². The number of anilines is 1. The molecule has 0 aliphatic heterocycles. The van der Waals surface area contributed by atoms with Crippen LogP contribution in [0.1, 0.15) is 26.5 Å². The molecule has 0 atom stereocenters. The van der Waals surface area contributed by atoms with Gasteiger partial charge in [-0.1, -0.05) is 0 Å². The Labute approximate surface area is 90.7 Å². The maximum atomic E-state index is 3.47. The molecule has 0 unspecified atom stereocenters. The highest BCUT2D eigenvalue weighted by atomic mass is 14.9. The van der Waals surface area contributed by atoms with Crippen LogP contribution in [0.4, 0.5) is 5.69 Å². The van der Waals surface area contributed by atoms with Gasteiger partial charge in [-0.05, 0) is 52.0 Å². The Hall–Kier alpha value is -1.44. The molecule has 80 valence electrons. The minimum Gasteiger partial charge on any atom is -0.380 e. The van der Waals surface area contributed by atoms with Crippen LogP contribution in [0.25, 0.3) is 10.9 Å². The minimum atomic E-state index is 0.110. The average Bonchev–Trinajstić information content (AvgIpc) is 2.40. The van der Waals surface area contributed by atoms with Gasteiger partial charge in [-0.2, -0.15) is 0 Å². The first-order valence-electron chi connectivity index (χ1n) is 5.32. The summed E-state index contributed by atoms with van der Waals surface area (Å²) >= 11 is 0. The zero-order valence-corrected chi connectivity index (χ0v) is 9.81. The third kappa shape index (κ3) is 2.32. The number of nitrogens with one attached hydrogen (secondary N) is 2. The standard InChI is InChI=1S/C13H18N2/c1-9-7-10-8-11(15-13(2,3)4)5-6-12(10)14-9/h5-8,14-15H,1-4H3. The van der Waals surface area contributed by atoms with Gasteiger partial charge in [0.15, 0.2) is 0 Å². The van der Waals surface area contributed by atoms with Crippen molar-refractivity contribution in [1.82, 2.24) is 4.98 Å². The molecule has 0 saturated carbocycles. The molecule has 2 rings (SSSR count). The van der Waals surface area contributed by atoms with E-state index in [1.165, 1.54) is 22.3 Å². The van der Waals surface area contributed by atoms with Crippen LogP contribution in [-0.4, -0.2) is 10.5 Å². The Kier molecular flexibility index (Phi) is 2.22. The second kappa shape index (κ2) is 3.30. The largest absolute Gasteiger partial charge is 0.380 e. The number of hydrogen-bond acceptors (Lipinski definition) is 1. The monoisotopic (exact) mass is 202 g/mol. The van der Waals surface area contributed by atoms with E-state index in [1.54, 1.807) is 0 Å². The van der Waals surface area contributed by atoms with Gasteiger partial charge in [-0.25, -0.2) is 0 Å². The molecule has 0 saturated heterocycles. The number of rotatable bonds is 1. The zero-order chi connectivity index (χ0) is 11.1. The Morgan fingerprint density at radius 1 is 1.13 bits per heavy atom. The molecule has 0 fully saturated rings. The summed E-state index contributed by atoms with van der Waals surface area (Å²) in [6.45, 7) is 8.58. The number of benzene rings is 1. The van der Waals surface area contributed by atoms with E-state index in [-0.39, 0.29) is 5.54 Å². The summed E-state index contributed by atoms with van der Waals surface area (Å²) in [5, 5.41) is 4.73. The Morgan fingerprint density at radius 2 is 1.87 bits per heavy atom. The zero-order valence-electron chi connectivity index (χ0n) is 9.81. The van der Waals surface area contributed by atoms with Crippen LogP contribution in [-0.2, 0) is 0 Å². The second-order valence-electron chi connectivity index (χ2n) is 5.13. The van der Waals surface area contributed by atoms with E-state index < -0.39 is 0 Å². The lowest BCUT2D eigenvalue weighted by atomic mass is 10.1. The Morgan fingerprint density at radius 3 is 2.53 bits per heavy atom. The molecular weight excluding hydrogens is 184 g/mol. The normalized spacial score (nSPS) is 12.0. The van der Waals surface area contributed by atoms with Crippen molar-refractivity contribution in [2.24, 2.45) is 0 Å². The van der Waals surface area contributed by atoms with Crippen molar-refractivity contribution < 1.29 is 0 Å². The quantitative estimate of drug-likeness (QED) is 0.725. The van der Waals surface area contributed by atoms with Crippen LogP contribution in [0.15, 0.2) is 24.3 Å². The minimum absolute atomic E-state index is 0.110. The maximum absolute atomic E-state index is 3.47. The molecule has 2 aromatic rings. The molecule has 0 spiro atoms. The van der Waals surface area contributed by atoms with Gasteiger partial charge in [0.05, 0.1) is 0 Å². The van der Waals surface area contributed by atoms with Crippen LogP contribution in [0, 0.1) is 6.92 Å².